The highest BCUT2D eigenvalue weighted by atomic mass is 16.3. The summed E-state index contributed by atoms with van der Waals surface area (Å²) >= 11 is 0. The van der Waals surface area contributed by atoms with E-state index in [0.29, 0.717) is 18.7 Å². The molecular weight excluding hydrogens is 196 g/mol. The van der Waals surface area contributed by atoms with Crippen molar-refractivity contribution in [3.05, 3.63) is 17.3 Å². The first-order valence-electron chi connectivity index (χ1n) is 4.73. The van der Waals surface area contributed by atoms with E-state index in [0.717, 1.165) is 5.56 Å². The standard InChI is InChI=1S/C10H8N2O3/c13-6-4-8(15)12-2-1-5-3-7(14)11-9(6)10(5)12/h3H,1-2,4H2,(H,11,14). The van der Waals surface area contributed by atoms with Crippen molar-refractivity contribution in [2.75, 3.05) is 11.4 Å². The molecule has 5 heteroatoms. The molecule has 1 amide bonds. The molecule has 1 N–H and O–H groups in total. The largest absolute Gasteiger partial charge is 0.493 e. The Hall–Kier alpha value is -1.91. The Bertz CT molecular complexity index is 496. The van der Waals surface area contributed by atoms with Crippen LogP contribution in [-0.4, -0.2) is 28.3 Å². The highest BCUT2D eigenvalue weighted by molar-refractivity contribution is 6.19. The lowest BCUT2D eigenvalue weighted by Gasteiger charge is -2.23. The molecule has 0 aromatic carbocycles. The zero-order valence-electron chi connectivity index (χ0n) is 7.86. The van der Waals surface area contributed by atoms with Gasteiger partial charge in [-0.2, -0.15) is 0 Å². The van der Waals surface area contributed by atoms with E-state index >= 15 is 0 Å². The van der Waals surface area contributed by atoms with Crippen LogP contribution in [0.4, 0.5) is 5.69 Å². The monoisotopic (exact) mass is 204 g/mol. The summed E-state index contributed by atoms with van der Waals surface area (Å²) in [5.41, 5.74) is 1.68. The van der Waals surface area contributed by atoms with Gasteiger partial charge in [0.2, 0.25) is 11.8 Å². The summed E-state index contributed by atoms with van der Waals surface area (Å²) in [5.74, 6) is -0.614. The van der Waals surface area contributed by atoms with Gasteiger partial charge < -0.3 is 10.0 Å². The van der Waals surface area contributed by atoms with Crippen molar-refractivity contribution in [2.45, 2.75) is 12.8 Å². The van der Waals surface area contributed by atoms with Gasteiger partial charge in [-0.3, -0.25) is 9.59 Å². The van der Waals surface area contributed by atoms with E-state index in [1.165, 1.54) is 6.07 Å². The molecule has 0 saturated heterocycles. The molecule has 0 radical (unpaired) electrons. The van der Waals surface area contributed by atoms with Crippen molar-refractivity contribution < 1.29 is 14.7 Å². The number of rotatable bonds is 0. The minimum absolute atomic E-state index is 0.136. The van der Waals surface area contributed by atoms with Crippen molar-refractivity contribution >= 4 is 17.4 Å². The molecule has 0 fully saturated rings. The molecule has 3 rings (SSSR count). The molecule has 15 heavy (non-hydrogen) atoms. The molecule has 1 aromatic heterocycles. The van der Waals surface area contributed by atoms with E-state index in [1.54, 1.807) is 4.90 Å². The molecule has 2 aliphatic rings. The molecule has 0 unspecified atom stereocenters. The van der Waals surface area contributed by atoms with Crippen LogP contribution in [0, 0.1) is 0 Å². The van der Waals surface area contributed by atoms with Crippen LogP contribution in [0.25, 0.3) is 0 Å². The third kappa shape index (κ3) is 1.000. The summed E-state index contributed by atoms with van der Waals surface area (Å²) in [7, 11) is 0. The summed E-state index contributed by atoms with van der Waals surface area (Å²) in [4.78, 5) is 28.5. The van der Waals surface area contributed by atoms with Gasteiger partial charge in [-0.15, -0.1) is 0 Å². The molecule has 3 heterocycles. The third-order valence-corrected chi connectivity index (χ3v) is 2.81. The first kappa shape index (κ1) is 8.40. The number of aromatic hydroxyl groups is 1. The topological polar surface area (TPSA) is 70.5 Å². The number of ketones is 1. The Balaban J connectivity index is 2.31. The van der Waals surface area contributed by atoms with E-state index < -0.39 is 0 Å². The normalized spacial score (nSPS) is 18.3. The van der Waals surface area contributed by atoms with E-state index in [-0.39, 0.29) is 29.7 Å². The van der Waals surface area contributed by atoms with Gasteiger partial charge in [-0.05, 0) is 12.0 Å². The first-order chi connectivity index (χ1) is 7.16. The van der Waals surface area contributed by atoms with Crippen LogP contribution in [0.3, 0.4) is 0 Å². The summed E-state index contributed by atoms with van der Waals surface area (Å²) in [6, 6.07) is 1.52. The van der Waals surface area contributed by atoms with Crippen molar-refractivity contribution in [3.8, 4) is 5.88 Å². The molecule has 0 saturated carbocycles. The van der Waals surface area contributed by atoms with Gasteiger partial charge in [-0.25, -0.2) is 4.98 Å². The zero-order valence-corrected chi connectivity index (χ0v) is 7.86. The van der Waals surface area contributed by atoms with Gasteiger partial charge in [0.1, 0.15) is 5.69 Å². The molecule has 2 aliphatic heterocycles. The number of Topliss-reactive ketones (excluding diaryl/α,β-unsaturated/α-hetero) is 1. The lowest BCUT2D eigenvalue weighted by Crippen LogP contribution is -2.36. The Morgan fingerprint density at radius 1 is 1.40 bits per heavy atom. The van der Waals surface area contributed by atoms with Crippen LogP contribution < -0.4 is 4.90 Å². The molecular formula is C10H8N2O3. The van der Waals surface area contributed by atoms with Crippen molar-refractivity contribution in [2.24, 2.45) is 0 Å². The van der Waals surface area contributed by atoms with Crippen LogP contribution in [-0.2, 0) is 11.2 Å². The summed E-state index contributed by atoms with van der Waals surface area (Å²) in [5, 5.41) is 9.34. The number of nitrogens with zero attached hydrogens (tertiary/aromatic N) is 2. The van der Waals surface area contributed by atoms with Crippen LogP contribution in [0.1, 0.15) is 22.5 Å². The van der Waals surface area contributed by atoms with E-state index in [4.69, 9.17) is 0 Å². The second kappa shape index (κ2) is 2.56. The number of pyridine rings is 1. The van der Waals surface area contributed by atoms with Crippen molar-refractivity contribution in [3.63, 3.8) is 0 Å². The third-order valence-electron chi connectivity index (χ3n) is 2.81. The minimum atomic E-state index is -0.301. The molecule has 1 aromatic rings. The predicted octanol–water partition coefficient (Wildman–Crippen LogP) is 0.263. The van der Waals surface area contributed by atoms with Gasteiger partial charge in [0.25, 0.3) is 0 Å². The summed E-state index contributed by atoms with van der Waals surface area (Å²) in [6.45, 7) is 0.583. The molecule has 0 bridgehead atoms. The van der Waals surface area contributed by atoms with E-state index in [9.17, 15) is 14.7 Å². The van der Waals surface area contributed by atoms with Gasteiger partial charge >= 0.3 is 0 Å². The fourth-order valence-corrected chi connectivity index (χ4v) is 2.17. The number of hydrogen-bond acceptors (Lipinski definition) is 4. The molecule has 0 spiro atoms. The summed E-state index contributed by atoms with van der Waals surface area (Å²) in [6.07, 6.45) is 0.542. The first-order valence-corrected chi connectivity index (χ1v) is 4.73. The predicted molar refractivity (Wildman–Crippen MR) is 50.9 cm³/mol. The number of aromatic nitrogens is 1. The maximum atomic E-state index is 11.6. The number of hydrogen-bond donors (Lipinski definition) is 1. The molecule has 5 nitrogen and oxygen atoms in total. The maximum Gasteiger partial charge on any atom is 0.234 e. The van der Waals surface area contributed by atoms with Crippen molar-refractivity contribution in [1.29, 1.82) is 0 Å². The van der Waals surface area contributed by atoms with E-state index in [2.05, 4.69) is 4.98 Å². The Morgan fingerprint density at radius 2 is 2.20 bits per heavy atom. The Kier molecular flexibility index (Phi) is 1.44. The average molecular weight is 204 g/mol. The second-order valence-corrected chi connectivity index (χ2v) is 3.73. The van der Waals surface area contributed by atoms with Crippen LogP contribution in [0.5, 0.6) is 5.88 Å². The number of amides is 1. The fourth-order valence-electron chi connectivity index (χ4n) is 2.17. The highest BCUT2D eigenvalue weighted by Gasteiger charge is 2.36. The SMILES string of the molecule is O=C1CC(=O)N2CCc3cc(O)nc1c32. The quantitative estimate of drug-likeness (QED) is 0.615. The molecule has 0 atom stereocenters. The summed E-state index contributed by atoms with van der Waals surface area (Å²) < 4.78 is 0. The van der Waals surface area contributed by atoms with Crippen LogP contribution >= 0.6 is 0 Å². The van der Waals surface area contributed by atoms with Gasteiger partial charge in [0.15, 0.2) is 5.78 Å². The number of carbonyl (C=O) groups excluding carboxylic acids is 2. The maximum absolute atomic E-state index is 11.6. The second-order valence-electron chi connectivity index (χ2n) is 3.73. The minimum Gasteiger partial charge on any atom is -0.493 e. The van der Waals surface area contributed by atoms with Gasteiger partial charge in [-0.1, -0.05) is 0 Å². The van der Waals surface area contributed by atoms with Gasteiger partial charge in [0, 0.05) is 12.6 Å². The smallest absolute Gasteiger partial charge is 0.234 e. The number of anilines is 1. The zero-order chi connectivity index (χ0) is 10.6. The van der Waals surface area contributed by atoms with Crippen LogP contribution in [0.2, 0.25) is 0 Å². The Morgan fingerprint density at radius 3 is 3.00 bits per heavy atom. The fraction of sp³-hybridized carbons (Fsp3) is 0.300. The van der Waals surface area contributed by atoms with E-state index in [1.807, 2.05) is 0 Å². The Labute approximate surface area is 85.3 Å². The molecule has 0 aliphatic carbocycles. The lowest BCUT2D eigenvalue weighted by molar-refractivity contribution is -0.117. The van der Waals surface area contributed by atoms with Crippen LogP contribution in [0.15, 0.2) is 6.07 Å². The lowest BCUT2D eigenvalue weighted by atomic mass is 10.0. The van der Waals surface area contributed by atoms with Gasteiger partial charge in [0.05, 0.1) is 12.1 Å². The molecule has 76 valence electrons. The average Bonchev–Trinajstić information content (AvgIpc) is 2.58. The number of carbonyl (C=O) groups is 2. The highest BCUT2D eigenvalue weighted by Crippen LogP contribution is 2.36. The van der Waals surface area contributed by atoms with Crippen molar-refractivity contribution in [1.82, 2.24) is 4.98 Å².